The molecule has 5 rings (SSSR count). The molecule has 4 atom stereocenters. The minimum atomic E-state index is -0.0766. The molecule has 3 aliphatic rings. The molecule has 0 radical (unpaired) electrons. The molecule has 1 N–H and O–H groups in total. The molecule has 0 aliphatic carbocycles. The summed E-state index contributed by atoms with van der Waals surface area (Å²) < 4.78 is 6.52. The summed E-state index contributed by atoms with van der Waals surface area (Å²) in [5, 5.41) is 3.17. The van der Waals surface area contributed by atoms with Crippen molar-refractivity contribution in [2.24, 2.45) is 11.8 Å². The summed E-state index contributed by atoms with van der Waals surface area (Å²) in [4.78, 5) is 24.1. The third-order valence-corrected chi connectivity index (χ3v) is 6.98. The second kappa shape index (κ2) is 6.80. The second-order valence-corrected chi connectivity index (χ2v) is 8.90. The zero-order valence-corrected chi connectivity index (χ0v) is 17.3. The lowest BCUT2D eigenvalue weighted by molar-refractivity contribution is 0.0141. The van der Waals surface area contributed by atoms with Gasteiger partial charge in [0.2, 0.25) is 0 Å². The average molecular weight is 393 g/mol. The van der Waals surface area contributed by atoms with Gasteiger partial charge in [-0.3, -0.25) is 9.78 Å². The molecule has 1 spiro atoms. The topological polar surface area (TPSA) is 67.4 Å². The van der Waals surface area contributed by atoms with Crippen molar-refractivity contribution < 1.29 is 9.53 Å². The number of rotatable bonds is 4. The molecule has 2 aromatic rings. The van der Waals surface area contributed by atoms with Crippen LogP contribution < -0.4 is 10.2 Å². The van der Waals surface area contributed by atoms with E-state index in [4.69, 9.17) is 4.74 Å². The first-order valence-corrected chi connectivity index (χ1v) is 10.5. The van der Waals surface area contributed by atoms with Gasteiger partial charge >= 0.3 is 0 Å². The fraction of sp³-hybridized carbons (Fsp3) is 0.522. The number of aromatic nitrogens is 2. The monoisotopic (exact) mass is 392 g/mol. The summed E-state index contributed by atoms with van der Waals surface area (Å²) in [6.45, 7) is 8.42. The van der Waals surface area contributed by atoms with Crippen LogP contribution in [0.15, 0.2) is 30.5 Å². The van der Waals surface area contributed by atoms with E-state index in [0.717, 1.165) is 43.1 Å². The van der Waals surface area contributed by atoms with Crippen molar-refractivity contribution in [3.8, 4) is 0 Å². The minimum absolute atomic E-state index is 0.0398. The van der Waals surface area contributed by atoms with E-state index in [9.17, 15) is 4.79 Å². The lowest BCUT2D eigenvalue weighted by atomic mass is 9.73. The SMILES string of the molecule is Cc1ccnc(N2C[C@@H]3[C@H](CNC(=O)c4ccc(C)nc4C)[C@H]4CC[C@]3(C2)O4)c1. The molecular weight excluding hydrogens is 364 g/mol. The normalized spacial score (nSPS) is 29.9. The van der Waals surface area contributed by atoms with Crippen LogP contribution in [-0.4, -0.2) is 47.2 Å². The molecular formula is C23H28N4O2. The van der Waals surface area contributed by atoms with Gasteiger partial charge in [0.1, 0.15) is 5.82 Å². The molecule has 3 aliphatic heterocycles. The molecule has 0 unspecified atom stereocenters. The number of carbonyl (C=O) groups excluding carboxylic acids is 1. The third kappa shape index (κ3) is 3.10. The highest BCUT2D eigenvalue weighted by molar-refractivity contribution is 5.95. The molecule has 5 heterocycles. The molecule has 6 heteroatoms. The van der Waals surface area contributed by atoms with Crippen molar-refractivity contribution in [1.82, 2.24) is 15.3 Å². The van der Waals surface area contributed by atoms with Crippen LogP contribution in [0.25, 0.3) is 0 Å². The maximum atomic E-state index is 12.7. The number of carbonyl (C=O) groups is 1. The predicted octanol–water partition coefficient (Wildman–Crippen LogP) is 2.82. The van der Waals surface area contributed by atoms with Crippen molar-refractivity contribution in [1.29, 1.82) is 0 Å². The summed E-state index contributed by atoms with van der Waals surface area (Å²) >= 11 is 0. The molecule has 2 bridgehead atoms. The molecule has 29 heavy (non-hydrogen) atoms. The van der Waals surface area contributed by atoms with Crippen molar-refractivity contribution in [3.05, 3.63) is 53.0 Å². The van der Waals surface area contributed by atoms with Crippen molar-refractivity contribution >= 4 is 11.7 Å². The first kappa shape index (κ1) is 18.6. The molecule has 1 amide bonds. The van der Waals surface area contributed by atoms with Crippen molar-refractivity contribution in [2.75, 3.05) is 24.5 Å². The van der Waals surface area contributed by atoms with Crippen LogP contribution in [-0.2, 0) is 4.74 Å². The van der Waals surface area contributed by atoms with Gasteiger partial charge in [-0.1, -0.05) is 0 Å². The largest absolute Gasteiger partial charge is 0.369 e. The number of ether oxygens (including phenoxy) is 1. The van der Waals surface area contributed by atoms with E-state index in [-0.39, 0.29) is 17.6 Å². The van der Waals surface area contributed by atoms with Gasteiger partial charge < -0.3 is 15.0 Å². The van der Waals surface area contributed by atoms with Crippen LogP contribution in [0.1, 0.15) is 40.2 Å². The Kier molecular flexibility index (Phi) is 4.35. The Labute approximate surface area is 171 Å². The number of fused-ring (bicyclic) bond motifs is 1. The van der Waals surface area contributed by atoms with E-state index >= 15 is 0 Å². The van der Waals surface area contributed by atoms with E-state index in [1.807, 2.05) is 38.2 Å². The molecule has 3 saturated heterocycles. The highest BCUT2D eigenvalue weighted by Crippen LogP contribution is 2.55. The van der Waals surface area contributed by atoms with Gasteiger partial charge in [-0.2, -0.15) is 0 Å². The summed E-state index contributed by atoms with van der Waals surface area (Å²) in [5.41, 5.74) is 3.51. The second-order valence-electron chi connectivity index (χ2n) is 8.90. The zero-order chi connectivity index (χ0) is 20.2. The molecule has 152 valence electrons. The zero-order valence-electron chi connectivity index (χ0n) is 17.3. The number of nitrogens with one attached hydrogen (secondary N) is 1. The van der Waals surface area contributed by atoms with Gasteiger partial charge in [0.25, 0.3) is 5.91 Å². The highest BCUT2D eigenvalue weighted by Gasteiger charge is 2.63. The number of amides is 1. The van der Waals surface area contributed by atoms with Gasteiger partial charge in [-0.15, -0.1) is 0 Å². The van der Waals surface area contributed by atoms with Crippen LogP contribution in [0.4, 0.5) is 5.82 Å². The number of pyridine rings is 2. The van der Waals surface area contributed by atoms with Crippen LogP contribution in [0.2, 0.25) is 0 Å². The van der Waals surface area contributed by atoms with Crippen LogP contribution in [0.5, 0.6) is 0 Å². The Balaban J connectivity index is 1.30. The van der Waals surface area contributed by atoms with E-state index in [0.29, 0.717) is 23.9 Å². The van der Waals surface area contributed by atoms with Gasteiger partial charge in [0.05, 0.1) is 23.0 Å². The van der Waals surface area contributed by atoms with Crippen LogP contribution in [0, 0.1) is 32.6 Å². The van der Waals surface area contributed by atoms with Crippen molar-refractivity contribution in [3.63, 3.8) is 0 Å². The molecule has 6 nitrogen and oxygen atoms in total. The lowest BCUT2D eigenvalue weighted by Gasteiger charge is -2.29. The smallest absolute Gasteiger partial charge is 0.253 e. The van der Waals surface area contributed by atoms with Gasteiger partial charge in [-0.25, -0.2) is 4.98 Å². The van der Waals surface area contributed by atoms with Gasteiger partial charge in [0.15, 0.2) is 0 Å². The quantitative estimate of drug-likeness (QED) is 0.867. The van der Waals surface area contributed by atoms with E-state index in [1.54, 1.807) is 0 Å². The highest BCUT2D eigenvalue weighted by atomic mass is 16.5. The molecule has 0 saturated carbocycles. The lowest BCUT2D eigenvalue weighted by Crippen LogP contribution is -2.42. The fourth-order valence-corrected chi connectivity index (χ4v) is 5.56. The number of hydrogen-bond acceptors (Lipinski definition) is 5. The average Bonchev–Trinajstić information content (AvgIpc) is 3.34. The van der Waals surface area contributed by atoms with E-state index in [1.165, 1.54) is 5.56 Å². The molecule has 0 aromatic carbocycles. The maximum Gasteiger partial charge on any atom is 0.253 e. The van der Waals surface area contributed by atoms with E-state index < -0.39 is 0 Å². The molecule has 2 aromatic heterocycles. The van der Waals surface area contributed by atoms with Crippen LogP contribution in [0.3, 0.4) is 0 Å². The fourth-order valence-electron chi connectivity index (χ4n) is 5.56. The van der Waals surface area contributed by atoms with Gasteiger partial charge in [0, 0.05) is 43.4 Å². The summed E-state index contributed by atoms with van der Waals surface area (Å²) in [6, 6.07) is 7.93. The van der Waals surface area contributed by atoms with Gasteiger partial charge in [-0.05, 0) is 63.4 Å². The molecule has 3 fully saturated rings. The van der Waals surface area contributed by atoms with Crippen LogP contribution >= 0.6 is 0 Å². The van der Waals surface area contributed by atoms with E-state index in [2.05, 4.69) is 33.2 Å². The Hall–Kier alpha value is -2.47. The Morgan fingerprint density at radius 3 is 2.97 bits per heavy atom. The predicted molar refractivity (Wildman–Crippen MR) is 111 cm³/mol. The maximum absolute atomic E-state index is 12.7. The Morgan fingerprint density at radius 2 is 2.17 bits per heavy atom. The summed E-state index contributed by atoms with van der Waals surface area (Å²) in [7, 11) is 0. The summed E-state index contributed by atoms with van der Waals surface area (Å²) in [6.07, 6.45) is 4.32. The summed E-state index contributed by atoms with van der Waals surface area (Å²) in [5.74, 6) is 1.77. The Morgan fingerprint density at radius 1 is 1.31 bits per heavy atom. The van der Waals surface area contributed by atoms with Crippen molar-refractivity contribution in [2.45, 2.75) is 45.3 Å². The number of anilines is 1. The minimum Gasteiger partial charge on any atom is -0.369 e. The number of hydrogen-bond donors (Lipinski definition) is 1. The standard InChI is InChI=1S/C23H28N4O2/c1-14-7-9-24-21(10-14)27-12-19-18(20-6-8-23(19,13-27)29-20)11-25-22(28)17-5-4-15(2)26-16(17)3/h4-5,7,9-10,18-20H,6,8,11-13H2,1-3H3,(H,25,28)/t18-,19+,20+,23+/m0/s1. The number of aryl methyl sites for hydroxylation is 3. The first-order chi connectivity index (χ1) is 13.9. The first-order valence-electron chi connectivity index (χ1n) is 10.5. The number of nitrogens with zero attached hydrogens (tertiary/aromatic N) is 3. The Bertz CT molecular complexity index is 962. The third-order valence-electron chi connectivity index (χ3n) is 6.98.